The Bertz CT molecular complexity index is 1690. The summed E-state index contributed by atoms with van der Waals surface area (Å²) < 4.78 is 24.3. The van der Waals surface area contributed by atoms with Gasteiger partial charge in [0.15, 0.2) is 6.61 Å². The summed E-state index contributed by atoms with van der Waals surface area (Å²) in [5, 5.41) is 4.56. The fraction of sp³-hybridized carbons (Fsp3) is 0.368. The van der Waals surface area contributed by atoms with Crippen molar-refractivity contribution in [1.29, 1.82) is 0 Å². The van der Waals surface area contributed by atoms with Crippen molar-refractivity contribution in [3.63, 3.8) is 0 Å². The number of halogens is 1. The molecule has 10 nitrogen and oxygen atoms in total. The first-order chi connectivity index (χ1) is 23.9. The minimum atomic E-state index is -0.597. The Morgan fingerprint density at radius 2 is 1.80 bits per heavy atom. The largest absolute Gasteiger partial charge is 0.488 e. The Hall–Kier alpha value is -4.67. The number of carbonyl (C=O) groups is 2. The van der Waals surface area contributed by atoms with Gasteiger partial charge in [0, 0.05) is 50.0 Å². The molecule has 0 spiro atoms. The third-order valence-corrected chi connectivity index (χ3v) is 8.90. The summed E-state index contributed by atoms with van der Waals surface area (Å²) in [6.07, 6.45) is 13.9. The number of piperidine rings is 1. The van der Waals surface area contributed by atoms with Crippen molar-refractivity contribution in [2.24, 2.45) is 5.16 Å². The molecule has 3 aromatic rings. The van der Waals surface area contributed by atoms with Crippen molar-refractivity contribution in [1.82, 2.24) is 9.88 Å². The zero-order valence-electron chi connectivity index (χ0n) is 27.5. The van der Waals surface area contributed by atoms with Crippen LogP contribution in [0.1, 0.15) is 59.7 Å². The number of epoxide rings is 1. The van der Waals surface area contributed by atoms with Crippen LogP contribution >= 0.6 is 11.6 Å². The van der Waals surface area contributed by atoms with Crippen molar-refractivity contribution in [2.45, 2.75) is 70.6 Å². The Labute approximate surface area is 291 Å². The third kappa shape index (κ3) is 9.49. The molecule has 4 heterocycles. The average molecular weight is 686 g/mol. The molecule has 0 bridgehead atoms. The Kier molecular flexibility index (Phi) is 11.6. The molecule has 11 heteroatoms. The van der Waals surface area contributed by atoms with Crippen molar-refractivity contribution in [3.05, 3.63) is 113 Å². The predicted octanol–water partition coefficient (Wildman–Crippen LogP) is 6.65. The average Bonchev–Trinajstić information content (AvgIpc) is 3.86. The number of oxime groups is 1. The fourth-order valence-corrected chi connectivity index (χ4v) is 6.10. The molecule has 2 fully saturated rings. The Balaban J connectivity index is 1.37. The van der Waals surface area contributed by atoms with E-state index in [-0.39, 0.29) is 60.7 Å². The number of carbonyl (C=O) groups excluding carboxylic acids is 2. The number of hydrogen-bond donors (Lipinski definition) is 0. The number of esters is 1. The number of ether oxygens (including phenoxy) is 4. The molecule has 0 saturated carbocycles. The molecule has 1 aromatic heterocycles. The van der Waals surface area contributed by atoms with Gasteiger partial charge in [-0.25, -0.2) is 4.79 Å². The lowest BCUT2D eigenvalue weighted by Gasteiger charge is -2.26. The topological polar surface area (TPSA) is 112 Å². The van der Waals surface area contributed by atoms with Gasteiger partial charge in [0.1, 0.15) is 42.5 Å². The number of likely N-dealkylation sites (tertiary alicyclic amines) is 1. The molecule has 2 saturated heterocycles. The van der Waals surface area contributed by atoms with Crippen molar-refractivity contribution < 1.29 is 33.4 Å². The number of benzene rings is 2. The van der Waals surface area contributed by atoms with Crippen LogP contribution < -0.4 is 9.47 Å². The van der Waals surface area contributed by atoms with E-state index in [0.29, 0.717) is 36.5 Å². The molecule has 6 rings (SSSR count). The SMILES string of the molecule is CC1CC2OC2/C=C/C=C/C(=N\OCC(=O)N2CCCCC2)Cc2c(Cl)c(OCc3cccnc3)cc(OCc3ccccc3)c2C(=O)O1. The summed E-state index contributed by atoms with van der Waals surface area (Å²) in [6.45, 7) is 3.43. The lowest BCUT2D eigenvalue weighted by atomic mass is 9.99. The number of fused-ring (bicyclic) bond motifs is 2. The maximum atomic E-state index is 14.1. The van der Waals surface area contributed by atoms with E-state index in [2.05, 4.69) is 10.1 Å². The quantitative estimate of drug-likeness (QED) is 0.140. The maximum absolute atomic E-state index is 14.1. The molecule has 3 unspecified atom stereocenters. The predicted molar refractivity (Wildman–Crippen MR) is 185 cm³/mol. The second-order valence-corrected chi connectivity index (χ2v) is 12.7. The minimum Gasteiger partial charge on any atom is -0.488 e. The molecule has 3 aliphatic heterocycles. The number of cyclic esters (lactones) is 1. The van der Waals surface area contributed by atoms with Crippen LogP contribution in [0.2, 0.25) is 5.02 Å². The molecular weight excluding hydrogens is 646 g/mol. The highest BCUT2D eigenvalue weighted by atomic mass is 35.5. The molecule has 0 N–H and O–H groups in total. The van der Waals surface area contributed by atoms with E-state index in [0.717, 1.165) is 30.4 Å². The van der Waals surface area contributed by atoms with Crippen LogP contribution in [0.15, 0.2) is 90.4 Å². The number of amides is 1. The van der Waals surface area contributed by atoms with Gasteiger partial charge in [0.05, 0.1) is 16.8 Å². The summed E-state index contributed by atoms with van der Waals surface area (Å²) in [4.78, 5) is 38.5. The molecule has 1 amide bonds. The van der Waals surface area contributed by atoms with E-state index >= 15 is 0 Å². The van der Waals surface area contributed by atoms with Crippen LogP contribution in [0, 0.1) is 0 Å². The van der Waals surface area contributed by atoms with E-state index in [9.17, 15) is 9.59 Å². The maximum Gasteiger partial charge on any atom is 0.342 e. The number of nitrogens with zero attached hydrogens (tertiary/aromatic N) is 3. The van der Waals surface area contributed by atoms with Gasteiger partial charge in [0.2, 0.25) is 0 Å². The van der Waals surface area contributed by atoms with E-state index < -0.39 is 12.1 Å². The van der Waals surface area contributed by atoms with Crippen LogP contribution in [-0.2, 0) is 38.7 Å². The summed E-state index contributed by atoms with van der Waals surface area (Å²) in [5.74, 6) is -0.156. The van der Waals surface area contributed by atoms with Gasteiger partial charge >= 0.3 is 5.97 Å². The van der Waals surface area contributed by atoms with Gasteiger partial charge in [-0.2, -0.15) is 0 Å². The molecule has 256 valence electrons. The Morgan fingerprint density at radius 1 is 1.02 bits per heavy atom. The number of hydrogen-bond acceptors (Lipinski definition) is 9. The summed E-state index contributed by atoms with van der Waals surface area (Å²) in [6, 6.07) is 15.0. The summed E-state index contributed by atoms with van der Waals surface area (Å²) in [5.41, 5.74) is 2.72. The van der Waals surface area contributed by atoms with Crippen molar-refractivity contribution in [2.75, 3.05) is 19.7 Å². The monoisotopic (exact) mass is 685 g/mol. The first-order valence-corrected chi connectivity index (χ1v) is 17.0. The lowest BCUT2D eigenvalue weighted by Crippen LogP contribution is -2.37. The smallest absolute Gasteiger partial charge is 0.342 e. The summed E-state index contributed by atoms with van der Waals surface area (Å²) >= 11 is 7.10. The van der Waals surface area contributed by atoms with Crippen LogP contribution in [0.4, 0.5) is 0 Å². The molecule has 0 aliphatic carbocycles. The van der Waals surface area contributed by atoms with E-state index in [4.69, 9.17) is 35.4 Å². The highest BCUT2D eigenvalue weighted by Gasteiger charge is 2.38. The second kappa shape index (κ2) is 16.6. The van der Waals surface area contributed by atoms with E-state index in [1.165, 1.54) is 0 Å². The zero-order valence-corrected chi connectivity index (χ0v) is 28.2. The van der Waals surface area contributed by atoms with Crippen LogP contribution in [0.5, 0.6) is 11.5 Å². The van der Waals surface area contributed by atoms with E-state index in [1.54, 1.807) is 29.4 Å². The third-order valence-electron chi connectivity index (χ3n) is 8.48. The molecule has 2 aromatic carbocycles. The second-order valence-electron chi connectivity index (χ2n) is 12.3. The van der Waals surface area contributed by atoms with Gasteiger partial charge in [-0.15, -0.1) is 0 Å². The molecule has 3 atom stereocenters. The van der Waals surface area contributed by atoms with E-state index in [1.807, 2.05) is 67.6 Å². The van der Waals surface area contributed by atoms with Gasteiger partial charge < -0.3 is 28.7 Å². The van der Waals surface area contributed by atoms with Crippen LogP contribution in [0.25, 0.3) is 0 Å². The fourth-order valence-electron chi connectivity index (χ4n) is 5.83. The highest BCUT2D eigenvalue weighted by molar-refractivity contribution is 6.33. The molecule has 0 radical (unpaired) electrons. The van der Waals surface area contributed by atoms with Crippen LogP contribution in [0.3, 0.4) is 0 Å². The van der Waals surface area contributed by atoms with Gasteiger partial charge in [-0.1, -0.05) is 71.4 Å². The number of rotatable bonds is 9. The van der Waals surface area contributed by atoms with Gasteiger partial charge in [-0.05, 0) is 49.5 Å². The molecule has 49 heavy (non-hydrogen) atoms. The first-order valence-electron chi connectivity index (χ1n) is 16.7. The normalized spacial score (nSPS) is 22.9. The van der Waals surface area contributed by atoms with Crippen LogP contribution in [-0.4, -0.2) is 65.5 Å². The highest BCUT2D eigenvalue weighted by Crippen LogP contribution is 2.40. The number of aromatic nitrogens is 1. The Morgan fingerprint density at radius 3 is 2.59 bits per heavy atom. The minimum absolute atomic E-state index is 0.0498. The first kappa shape index (κ1) is 34.2. The number of pyridine rings is 1. The van der Waals surface area contributed by atoms with Crippen molar-refractivity contribution >= 4 is 29.2 Å². The zero-order chi connectivity index (χ0) is 34.0. The number of allylic oxidation sites excluding steroid dienone is 3. The summed E-state index contributed by atoms with van der Waals surface area (Å²) in [7, 11) is 0. The van der Waals surface area contributed by atoms with Gasteiger partial charge in [0.25, 0.3) is 5.91 Å². The van der Waals surface area contributed by atoms with Gasteiger partial charge in [-0.3, -0.25) is 9.78 Å². The molecule has 3 aliphatic rings. The standard InChI is InChI=1S/C38H40ClN3O7/c1-26-19-32-31(49-32)15-7-6-14-29(41-47-25-35(43)42-17-8-3-9-18-42)20-30-36(38(44)48-26)33(45-23-27-11-4-2-5-12-27)21-34(37(30)39)46-24-28-13-10-16-40-22-28/h2,4-7,10-16,21-22,26,31-32H,3,8-9,17-20,23-25H2,1H3/b14-6+,15-7+,41-29+. The van der Waals surface area contributed by atoms with Crippen molar-refractivity contribution in [3.8, 4) is 11.5 Å². The molecular formula is C38H40ClN3O7. The lowest BCUT2D eigenvalue weighted by molar-refractivity contribution is -0.137.